The second-order valence-electron chi connectivity index (χ2n) is 9.98. The molecule has 3 aromatic rings. The van der Waals surface area contributed by atoms with E-state index in [0.717, 1.165) is 32.4 Å². The van der Waals surface area contributed by atoms with Crippen molar-refractivity contribution in [1.29, 1.82) is 0 Å². The number of halogens is 3. The first-order chi connectivity index (χ1) is 16.7. The molecule has 9 heteroatoms. The lowest BCUT2D eigenvalue weighted by atomic mass is 9.96. The third-order valence-corrected chi connectivity index (χ3v) is 7.70. The van der Waals surface area contributed by atoms with Gasteiger partial charge in [0.15, 0.2) is 5.82 Å². The van der Waals surface area contributed by atoms with Crippen molar-refractivity contribution in [2.45, 2.75) is 51.2 Å². The number of aromatic hydroxyl groups is 1. The van der Waals surface area contributed by atoms with E-state index in [2.05, 4.69) is 28.6 Å². The number of phenolic OH excluding ortho intramolecular Hbond substituents is 1. The van der Waals surface area contributed by atoms with Crippen LogP contribution in [0.1, 0.15) is 33.1 Å². The van der Waals surface area contributed by atoms with Crippen molar-refractivity contribution in [3.63, 3.8) is 0 Å². The topological polar surface area (TPSA) is 55.7 Å². The lowest BCUT2D eigenvalue weighted by Gasteiger charge is -2.44. The number of benzene rings is 2. The van der Waals surface area contributed by atoms with Gasteiger partial charge < -0.3 is 19.8 Å². The number of aromatic nitrogens is 2. The van der Waals surface area contributed by atoms with E-state index in [1.807, 2.05) is 19.0 Å². The van der Waals surface area contributed by atoms with Crippen LogP contribution in [0.3, 0.4) is 0 Å². The minimum atomic E-state index is -0.764. The van der Waals surface area contributed by atoms with Crippen LogP contribution < -0.4 is 9.80 Å². The van der Waals surface area contributed by atoms with Gasteiger partial charge in [0.05, 0.1) is 10.6 Å². The van der Waals surface area contributed by atoms with Crippen molar-refractivity contribution in [2.24, 2.45) is 0 Å². The molecule has 2 aromatic carbocycles. The van der Waals surface area contributed by atoms with Gasteiger partial charge in [0, 0.05) is 42.2 Å². The molecule has 5 rings (SSSR count). The van der Waals surface area contributed by atoms with Gasteiger partial charge in [-0.2, -0.15) is 4.98 Å². The van der Waals surface area contributed by atoms with Crippen LogP contribution in [0.5, 0.6) is 5.75 Å². The van der Waals surface area contributed by atoms with E-state index < -0.39 is 11.6 Å². The quantitative estimate of drug-likeness (QED) is 0.513. The fraction of sp³-hybridized carbons (Fsp3) is 0.462. The monoisotopic (exact) mass is 501 g/mol. The van der Waals surface area contributed by atoms with Gasteiger partial charge in [-0.3, -0.25) is 0 Å². The Kier molecular flexibility index (Phi) is 6.21. The summed E-state index contributed by atoms with van der Waals surface area (Å²) in [6.45, 7) is 5.77. The third-order valence-electron chi connectivity index (χ3n) is 7.41. The van der Waals surface area contributed by atoms with Gasteiger partial charge in [-0.1, -0.05) is 17.7 Å². The van der Waals surface area contributed by atoms with Gasteiger partial charge in [0.1, 0.15) is 22.9 Å². The minimum Gasteiger partial charge on any atom is -0.507 e. The molecule has 1 aromatic heterocycles. The summed E-state index contributed by atoms with van der Waals surface area (Å²) < 4.78 is 30.9. The molecule has 0 saturated carbocycles. The van der Waals surface area contributed by atoms with Crippen molar-refractivity contribution in [1.82, 2.24) is 14.9 Å². The first-order valence-corrected chi connectivity index (χ1v) is 12.4. The Morgan fingerprint density at radius 1 is 1.06 bits per heavy atom. The molecule has 2 atom stereocenters. The van der Waals surface area contributed by atoms with Crippen LogP contribution >= 0.6 is 11.6 Å². The third kappa shape index (κ3) is 4.06. The Balaban J connectivity index is 1.74. The highest BCUT2D eigenvalue weighted by Crippen LogP contribution is 2.44. The summed E-state index contributed by atoms with van der Waals surface area (Å²) in [5, 5.41) is 10.8. The second-order valence-corrected chi connectivity index (χ2v) is 10.4. The molecule has 35 heavy (non-hydrogen) atoms. The zero-order valence-corrected chi connectivity index (χ0v) is 21.2. The Morgan fingerprint density at radius 2 is 1.74 bits per heavy atom. The average Bonchev–Trinajstić information content (AvgIpc) is 2.75. The highest BCUT2D eigenvalue weighted by molar-refractivity contribution is 6.34. The summed E-state index contributed by atoms with van der Waals surface area (Å²) in [6, 6.07) is 6.25. The Hall–Kier alpha value is -2.71. The molecule has 0 aliphatic carbocycles. The van der Waals surface area contributed by atoms with Crippen molar-refractivity contribution >= 4 is 34.3 Å². The molecule has 2 fully saturated rings. The van der Waals surface area contributed by atoms with Gasteiger partial charge in [-0.05, 0) is 65.4 Å². The fourth-order valence-corrected chi connectivity index (χ4v) is 5.57. The number of anilines is 2. The van der Waals surface area contributed by atoms with Crippen LogP contribution in [0.4, 0.5) is 20.5 Å². The average molecular weight is 502 g/mol. The van der Waals surface area contributed by atoms with Gasteiger partial charge in [0.2, 0.25) is 5.95 Å². The number of hydrogen-bond acceptors (Lipinski definition) is 6. The van der Waals surface area contributed by atoms with E-state index in [0.29, 0.717) is 23.2 Å². The predicted molar refractivity (Wildman–Crippen MR) is 137 cm³/mol. The van der Waals surface area contributed by atoms with Crippen LogP contribution in [0.15, 0.2) is 24.3 Å². The number of rotatable bonds is 4. The Bertz CT molecular complexity index is 1250. The van der Waals surface area contributed by atoms with E-state index in [-0.39, 0.29) is 39.5 Å². The normalized spacial score (nSPS) is 21.1. The molecule has 2 aliphatic heterocycles. The molecule has 2 saturated heterocycles. The SMILES string of the molecule is C[C@@H]1CCC[C@H](C)N1c1nc(N2CC(N(C)C)C2)nc2c(F)c(-c3c(O)cccc3F)c(Cl)cc12. The minimum absolute atomic E-state index is 0.00179. The summed E-state index contributed by atoms with van der Waals surface area (Å²) in [5.41, 5.74) is -0.389. The van der Waals surface area contributed by atoms with Gasteiger partial charge in [0.25, 0.3) is 0 Å². The van der Waals surface area contributed by atoms with Crippen LogP contribution in [0, 0.1) is 11.6 Å². The van der Waals surface area contributed by atoms with Crippen LogP contribution in [-0.2, 0) is 0 Å². The summed E-state index contributed by atoms with van der Waals surface area (Å²) in [6.07, 6.45) is 3.14. The molecule has 0 bridgehead atoms. The van der Waals surface area contributed by atoms with Crippen LogP contribution in [0.2, 0.25) is 5.02 Å². The van der Waals surface area contributed by atoms with Crippen LogP contribution in [0.25, 0.3) is 22.0 Å². The van der Waals surface area contributed by atoms with Crippen molar-refractivity contribution in [2.75, 3.05) is 37.0 Å². The number of piperidine rings is 1. The summed E-state index contributed by atoms with van der Waals surface area (Å²) in [4.78, 5) is 16.0. The van der Waals surface area contributed by atoms with E-state index in [4.69, 9.17) is 16.6 Å². The molecule has 186 valence electrons. The maximum absolute atomic E-state index is 16.2. The van der Waals surface area contributed by atoms with Gasteiger partial charge >= 0.3 is 0 Å². The number of likely N-dealkylation sites (N-methyl/N-ethyl adjacent to an activating group) is 1. The molecule has 0 radical (unpaired) electrons. The zero-order valence-electron chi connectivity index (χ0n) is 20.4. The molecule has 0 unspecified atom stereocenters. The summed E-state index contributed by atoms with van der Waals surface area (Å²) >= 11 is 6.56. The first kappa shape index (κ1) is 24.0. The standard InChI is InChI=1S/C26H30ClF2N5O/c1-14-7-5-8-15(2)34(14)25-17-11-18(27)21(22-19(28)9-6-10-20(22)35)23(29)24(17)30-26(31-25)33-12-16(13-33)32(3)4/h6,9-11,14-16,35H,5,7-8,12-13H2,1-4H3/t14-,15+. The van der Waals surface area contributed by atoms with E-state index in [9.17, 15) is 9.50 Å². The first-order valence-electron chi connectivity index (χ1n) is 12.0. The Labute approximate surface area is 209 Å². The fourth-order valence-electron chi connectivity index (χ4n) is 5.28. The highest BCUT2D eigenvalue weighted by Gasteiger charge is 2.34. The molecular weight excluding hydrogens is 472 g/mol. The van der Waals surface area contributed by atoms with Gasteiger partial charge in [-0.15, -0.1) is 0 Å². The number of fused-ring (bicyclic) bond motifs is 1. The van der Waals surface area contributed by atoms with E-state index in [1.165, 1.54) is 18.2 Å². The summed E-state index contributed by atoms with van der Waals surface area (Å²) in [7, 11) is 4.06. The molecule has 0 spiro atoms. The predicted octanol–water partition coefficient (Wildman–Crippen LogP) is 5.45. The number of phenols is 1. The smallest absolute Gasteiger partial charge is 0.228 e. The van der Waals surface area contributed by atoms with E-state index >= 15 is 4.39 Å². The van der Waals surface area contributed by atoms with E-state index in [1.54, 1.807) is 6.07 Å². The molecule has 2 aliphatic rings. The lowest BCUT2D eigenvalue weighted by Crippen LogP contribution is -2.58. The van der Waals surface area contributed by atoms with Crippen molar-refractivity contribution in [3.8, 4) is 16.9 Å². The number of hydrogen-bond donors (Lipinski definition) is 1. The lowest BCUT2D eigenvalue weighted by molar-refractivity contribution is 0.245. The Morgan fingerprint density at radius 3 is 2.37 bits per heavy atom. The number of nitrogens with zero attached hydrogens (tertiary/aromatic N) is 5. The molecule has 3 heterocycles. The van der Waals surface area contributed by atoms with Gasteiger partial charge in [-0.25, -0.2) is 13.8 Å². The maximum atomic E-state index is 16.2. The maximum Gasteiger partial charge on any atom is 0.228 e. The molecule has 0 amide bonds. The molecule has 1 N–H and O–H groups in total. The molecule has 6 nitrogen and oxygen atoms in total. The largest absolute Gasteiger partial charge is 0.507 e. The summed E-state index contributed by atoms with van der Waals surface area (Å²) in [5.74, 6) is -0.813. The zero-order chi connectivity index (χ0) is 25.0. The van der Waals surface area contributed by atoms with Crippen molar-refractivity contribution in [3.05, 3.63) is 40.9 Å². The second kappa shape index (κ2) is 9.06. The molecular formula is C26H30ClF2N5O. The van der Waals surface area contributed by atoms with Crippen LogP contribution in [-0.4, -0.2) is 65.3 Å². The highest BCUT2D eigenvalue weighted by atomic mass is 35.5. The van der Waals surface area contributed by atoms with Crippen molar-refractivity contribution < 1.29 is 13.9 Å².